The number of benzene rings is 2. The molecule has 8 heteroatoms. The standard InChI is InChI=1S/C25H26N6O2/c1-2-32-21-10-6-5-9-20(21)30-13-15-31(16-14-30)24-19-8-4-3-7-18(19)22(27-28-24)25-26-23(29-33-25)17-11-12-17/h3-10,17H,2,11-16H2,1H3. The lowest BCUT2D eigenvalue weighted by molar-refractivity contribution is 0.340. The number of nitrogens with zero attached hydrogens (tertiary/aromatic N) is 6. The fourth-order valence-corrected chi connectivity index (χ4v) is 4.47. The number of hydrogen-bond acceptors (Lipinski definition) is 8. The van der Waals surface area contributed by atoms with Gasteiger partial charge in [-0.2, -0.15) is 4.98 Å². The van der Waals surface area contributed by atoms with Crippen molar-refractivity contribution in [2.45, 2.75) is 25.7 Å². The molecule has 1 saturated carbocycles. The van der Waals surface area contributed by atoms with Gasteiger partial charge in [0.05, 0.1) is 12.3 Å². The first-order chi connectivity index (χ1) is 16.3. The van der Waals surface area contributed by atoms with Crippen molar-refractivity contribution < 1.29 is 9.26 Å². The SMILES string of the molecule is CCOc1ccccc1N1CCN(c2nnc(-c3nc(C4CC4)no3)c3ccccc23)CC1. The van der Waals surface area contributed by atoms with E-state index >= 15 is 0 Å². The maximum absolute atomic E-state index is 5.84. The number of aromatic nitrogens is 4. The van der Waals surface area contributed by atoms with E-state index in [0.29, 0.717) is 24.1 Å². The molecule has 0 radical (unpaired) electrons. The van der Waals surface area contributed by atoms with Crippen molar-refractivity contribution in [1.82, 2.24) is 20.3 Å². The first-order valence-corrected chi connectivity index (χ1v) is 11.6. The van der Waals surface area contributed by atoms with Gasteiger partial charge in [0, 0.05) is 42.9 Å². The minimum atomic E-state index is 0.435. The van der Waals surface area contributed by atoms with Gasteiger partial charge < -0.3 is 19.1 Å². The van der Waals surface area contributed by atoms with Gasteiger partial charge >= 0.3 is 0 Å². The number of fused-ring (bicyclic) bond motifs is 1. The highest BCUT2D eigenvalue weighted by atomic mass is 16.5. The minimum absolute atomic E-state index is 0.435. The van der Waals surface area contributed by atoms with Gasteiger partial charge in [-0.1, -0.05) is 41.6 Å². The first-order valence-electron chi connectivity index (χ1n) is 11.6. The highest BCUT2D eigenvalue weighted by Gasteiger charge is 2.30. The summed E-state index contributed by atoms with van der Waals surface area (Å²) in [7, 11) is 0. The molecule has 1 aliphatic heterocycles. The van der Waals surface area contributed by atoms with E-state index in [1.54, 1.807) is 0 Å². The summed E-state index contributed by atoms with van der Waals surface area (Å²) in [5.74, 6) is 3.50. The molecule has 0 spiro atoms. The Morgan fingerprint density at radius 1 is 0.909 bits per heavy atom. The summed E-state index contributed by atoms with van der Waals surface area (Å²) in [5, 5.41) is 15.4. The van der Waals surface area contributed by atoms with Crippen molar-refractivity contribution in [3.05, 3.63) is 54.4 Å². The van der Waals surface area contributed by atoms with Crippen LogP contribution in [0.1, 0.15) is 31.5 Å². The van der Waals surface area contributed by atoms with E-state index in [2.05, 4.69) is 54.4 Å². The Morgan fingerprint density at radius 2 is 1.64 bits per heavy atom. The third-order valence-electron chi connectivity index (χ3n) is 6.34. The lowest BCUT2D eigenvalue weighted by Crippen LogP contribution is -2.47. The van der Waals surface area contributed by atoms with E-state index < -0.39 is 0 Å². The van der Waals surface area contributed by atoms with E-state index in [1.165, 1.54) is 0 Å². The van der Waals surface area contributed by atoms with Crippen molar-refractivity contribution in [2.24, 2.45) is 0 Å². The van der Waals surface area contributed by atoms with E-state index in [0.717, 1.165) is 72.9 Å². The fourth-order valence-electron chi connectivity index (χ4n) is 4.47. The van der Waals surface area contributed by atoms with Gasteiger partial charge in [-0.3, -0.25) is 0 Å². The molecule has 2 aromatic heterocycles. The normalized spacial score (nSPS) is 16.4. The van der Waals surface area contributed by atoms with Crippen LogP contribution in [0.15, 0.2) is 53.1 Å². The van der Waals surface area contributed by atoms with Crippen molar-refractivity contribution in [1.29, 1.82) is 0 Å². The summed E-state index contributed by atoms with van der Waals surface area (Å²) in [6.45, 7) is 6.15. The van der Waals surface area contributed by atoms with Crippen LogP contribution < -0.4 is 14.5 Å². The summed E-state index contributed by atoms with van der Waals surface area (Å²) in [5.41, 5.74) is 1.80. The zero-order valence-corrected chi connectivity index (χ0v) is 18.6. The molecule has 33 heavy (non-hydrogen) atoms. The topological polar surface area (TPSA) is 80.4 Å². The molecule has 0 unspecified atom stereocenters. The van der Waals surface area contributed by atoms with Gasteiger partial charge in [-0.05, 0) is 31.9 Å². The first kappa shape index (κ1) is 20.0. The number of hydrogen-bond donors (Lipinski definition) is 0. The predicted molar refractivity (Wildman–Crippen MR) is 127 cm³/mol. The van der Waals surface area contributed by atoms with Crippen molar-refractivity contribution in [2.75, 3.05) is 42.6 Å². The molecular weight excluding hydrogens is 416 g/mol. The van der Waals surface area contributed by atoms with Crippen molar-refractivity contribution in [3.8, 4) is 17.3 Å². The molecule has 0 amide bonds. The third-order valence-corrected chi connectivity index (χ3v) is 6.34. The molecule has 4 aromatic rings. The summed E-state index contributed by atoms with van der Waals surface area (Å²) >= 11 is 0. The van der Waals surface area contributed by atoms with E-state index in [9.17, 15) is 0 Å². The number of ether oxygens (including phenoxy) is 1. The minimum Gasteiger partial charge on any atom is -0.492 e. The number of rotatable bonds is 6. The molecule has 2 aromatic carbocycles. The molecule has 1 aliphatic carbocycles. The number of para-hydroxylation sites is 2. The largest absolute Gasteiger partial charge is 0.492 e. The smallest absolute Gasteiger partial charge is 0.279 e. The molecule has 0 N–H and O–H groups in total. The van der Waals surface area contributed by atoms with Crippen LogP contribution in [0.3, 0.4) is 0 Å². The van der Waals surface area contributed by atoms with E-state index in [4.69, 9.17) is 9.26 Å². The maximum atomic E-state index is 5.84. The highest BCUT2D eigenvalue weighted by Crippen LogP contribution is 2.39. The third kappa shape index (κ3) is 3.75. The van der Waals surface area contributed by atoms with Gasteiger partial charge in [0.25, 0.3) is 5.89 Å². The Hall–Kier alpha value is -3.68. The van der Waals surface area contributed by atoms with Crippen molar-refractivity contribution >= 4 is 22.3 Å². The molecule has 6 rings (SSSR count). The zero-order valence-electron chi connectivity index (χ0n) is 18.6. The monoisotopic (exact) mass is 442 g/mol. The average Bonchev–Trinajstić information content (AvgIpc) is 3.61. The maximum Gasteiger partial charge on any atom is 0.279 e. The lowest BCUT2D eigenvalue weighted by Gasteiger charge is -2.37. The summed E-state index contributed by atoms with van der Waals surface area (Å²) in [6.07, 6.45) is 2.26. The molecule has 3 heterocycles. The van der Waals surface area contributed by atoms with Gasteiger partial charge in [0.1, 0.15) is 5.75 Å². The second kappa shape index (κ2) is 8.35. The Kier molecular flexibility index (Phi) is 5.05. The lowest BCUT2D eigenvalue weighted by atomic mass is 10.1. The molecular formula is C25H26N6O2. The van der Waals surface area contributed by atoms with Crippen LogP contribution in [0.4, 0.5) is 11.5 Å². The average molecular weight is 443 g/mol. The summed E-state index contributed by atoms with van der Waals surface area (Å²) < 4.78 is 11.4. The highest BCUT2D eigenvalue weighted by molar-refractivity contribution is 5.99. The molecule has 168 valence electrons. The van der Waals surface area contributed by atoms with Crippen LogP contribution >= 0.6 is 0 Å². The summed E-state index contributed by atoms with van der Waals surface area (Å²) in [4.78, 5) is 9.28. The van der Waals surface area contributed by atoms with Gasteiger partial charge in [0.2, 0.25) is 0 Å². The Morgan fingerprint density at radius 3 is 2.42 bits per heavy atom. The molecule has 1 saturated heterocycles. The van der Waals surface area contributed by atoms with Crippen LogP contribution in [0, 0.1) is 0 Å². The zero-order chi connectivity index (χ0) is 22.2. The Bertz CT molecular complexity index is 1280. The summed E-state index contributed by atoms with van der Waals surface area (Å²) in [6, 6.07) is 16.4. The van der Waals surface area contributed by atoms with Crippen LogP contribution in [0.25, 0.3) is 22.4 Å². The fraction of sp³-hybridized carbons (Fsp3) is 0.360. The van der Waals surface area contributed by atoms with Crippen LogP contribution in [0.2, 0.25) is 0 Å². The molecule has 2 fully saturated rings. The Balaban J connectivity index is 1.27. The van der Waals surface area contributed by atoms with Gasteiger partial charge in [-0.15, -0.1) is 10.2 Å². The molecule has 8 nitrogen and oxygen atoms in total. The van der Waals surface area contributed by atoms with Crippen LogP contribution in [-0.2, 0) is 0 Å². The van der Waals surface area contributed by atoms with Crippen molar-refractivity contribution in [3.63, 3.8) is 0 Å². The van der Waals surface area contributed by atoms with E-state index in [-0.39, 0.29) is 0 Å². The van der Waals surface area contributed by atoms with Gasteiger partial charge in [0.15, 0.2) is 17.3 Å². The quantitative estimate of drug-likeness (QED) is 0.438. The molecule has 0 atom stereocenters. The van der Waals surface area contributed by atoms with Crippen LogP contribution in [-0.4, -0.2) is 53.1 Å². The molecule has 2 aliphatic rings. The van der Waals surface area contributed by atoms with Crippen LogP contribution in [0.5, 0.6) is 5.75 Å². The molecule has 0 bridgehead atoms. The van der Waals surface area contributed by atoms with Gasteiger partial charge in [-0.25, -0.2) is 0 Å². The number of piperazine rings is 1. The second-order valence-electron chi connectivity index (χ2n) is 8.52. The van der Waals surface area contributed by atoms with E-state index in [1.807, 2.05) is 31.2 Å². The number of anilines is 2. The Labute approximate surface area is 192 Å². The predicted octanol–water partition coefficient (Wildman–Crippen LogP) is 4.28. The second-order valence-corrected chi connectivity index (χ2v) is 8.52.